The number of rotatable bonds is 11. The van der Waals surface area contributed by atoms with Crippen LogP contribution in [-0.4, -0.2) is 34.6 Å². The van der Waals surface area contributed by atoms with Crippen molar-refractivity contribution in [2.24, 2.45) is 0 Å². The molecule has 0 heterocycles. The van der Waals surface area contributed by atoms with E-state index in [1.54, 1.807) is 16.7 Å². The first kappa shape index (κ1) is 25.3. The summed E-state index contributed by atoms with van der Waals surface area (Å²) in [4.78, 5) is 27.9. The van der Waals surface area contributed by atoms with Gasteiger partial charge in [-0.15, -0.1) is 11.8 Å². The number of carbonyl (C=O) groups is 2. The van der Waals surface area contributed by atoms with Gasteiger partial charge in [-0.2, -0.15) is 0 Å². The molecule has 0 aromatic heterocycles. The molecule has 0 radical (unpaired) electrons. The number of halogens is 1. The summed E-state index contributed by atoms with van der Waals surface area (Å²) in [6.45, 7) is 8.32. The molecule has 2 amide bonds. The molecule has 0 saturated carbocycles. The topological polar surface area (TPSA) is 49.4 Å². The van der Waals surface area contributed by atoms with E-state index in [2.05, 4.69) is 30.4 Å². The number of aryl methyl sites for hydroxylation is 1. The van der Waals surface area contributed by atoms with E-state index < -0.39 is 6.04 Å². The highest BCUT2D eigenvalue weighted by Gasteiger charge is 2.29. The lowest BCUT2D eigenvalue weighted by molar-refractivity contribution is -0.139. The van der Waals surface area contributed by atoms with Gasteiger partial charge in [-0.05, 0) is 43.9 Å². The second-order valence-corrected chi connectivity index (χ2v) is 9.23. The van der Waals surface area contributed by atoms with Crippen molar-refractivity contribution < 1.29 is 9.59 Å². The molecule has 2 atom stereocenters. The van der Waals surface area contributed by atoms with E-state index in [-0.39, 0.29) is 17.9 Å². The molecule has 31 heavy (non-hydrogen) atoms. The maximum Gasteiger partial charge on any atom is 0.243 e. The maximum absolute atomic E-state index is 13.3. The summed E-state index contributed by atoms with van der Waals surface area (Å²) in [7, 11) is 0. The van der Waals surface area contributed by atoms with Crippen LogP contribution in [0.15, 0.2) is 48.5 Å². The Hall–Kier alpha value is -1.98. The van der Waals surface area contributed by atoms with Gasteiger partial charge in [0.05, 0.1) is 5.75 Å². The summed E-state index contributed by atoms with van der Waals surface area (Å²) in [5, 5.41) is 3.63. The van der Waals surface area contributed by atoms with Crippen molar-refractivity contribution in [3.8, 4) is 0 Å². The molecule has 0 saturated heterocycles. The fourth-order valence-electron chi connectivity index (χ4n) is 3.31. The summed E-state index contributed by atoms with van der Waals surface area (Å²) < 4.78 is 0. The monoisotopic (exact) mass is 460 g/mol. The van der Waals surface area contributed by atoms with E-state index >= 15 is 0 Å². The molecule has 0 aliphatic carbocycles. The second kappa shape index (κ2) is 12.8. The van der Waals surface area contributed by atoms with Crippen molar-refractivity contribution in [2.45, 2.75) is 64.9 Å². The molecule has 4 nitrogen and oxygen atoms in total. The number of amides is 2. The molecule has 0 aliphatic heterocycles. The van der Waals surface area contributed by atoms with Crippen LogP contribution in [0, 0.1) is 6.92 Å². The van der Waals surface area contributed by atoms with Crippen LogP contribution < -0.4 is 5.32 Å². The predicted octanol–water partition coefficient (Wildman–Crippen LogP) is 5.60. The molecule has 0 bridgehead atoms. The van der Waals surface area contributed by atoms with Crippen molar-refractivity contribution in [2.75, 3.05) is 5.75 Å². The van der Waals surface area contributed by atoms with Crippen LogP contribution in [0.25, 0.3) is 0 Å². The number of benzene rings is 2. The molecule has 0 spiro atoms. The molecule has 1 N–H and O–H groups in total. The van der Waals surface area contributed by atoms with Crippen LogP contribution in [0.1, 0.15) is 50.3 Å². The van der Waals surface area contributed by atoms with Gasteiger partial charge in [0.15, 0.2) is 0 Å². The maximum atomic E-state index is 13.3. The van der Waals surface area contributed by atoms with Crippen molar-refractivity contribution in [1.29, 1.82) is 0 Å². The Balaban J connectivity index is 2.15. The third kappa shape index (κ3) is 7.89. The molecule has 0 aliphatic rings. The van der Waals surface area contributed by atoms with Gasteiger partial charge in [0, 0.05) is 23.4 Å². The quantitative estimate of drug-likeness (QED) is 0.474. The lowest BCUT2D eigenvalue weighted by Crippen LogP contribution is -2.51. The summed E-state index contributed by atoms with van der Waals surface area (Å²) in [5.74, 6) is 0.902. The molecule has 2 rings (SSSR count). The average molecular weight is 461 g/mol. The summed E-state index contributed by atoms with van der Waals surface area (Å²) in [5.41, 5.74) is 3.24. The predicted molar refractivity (Wildman–Crippen MR) is 131 cm³/mol. The minimum absolute atomic E-state index is 0.0521. The molecule has 2 unspecified atom stereocenters. The van der Waals surface area contributed by atoms with Crippen LogP contribution in [0.3, 0.4) is 0 Å². The number of nitrogens with one attached hydrogen (secondary N) is 1. The zero-order chi connectivity index (χ0) is 22.8. The van der Waals surface area contributed by atoms with E-state index in [9.17, 15) is 9.59 Å². The summed E-state index contributed by atoms with van der Waals surface area (Å²) >= 11 is 7.93. The number of nitrogens with zero attached hydrogens (tertiary/aromatic N) is 1. The van der Waals surface area contributed by atoms with Crippen molar-refractivity contribution >= 4 is 35.2 Å². The molecular weight excluding hydrogens is 428 g/mol. The fourth-order valence-corrected chi connectivity index (χ4v) is 4.37. The van der Waals surface area contributed by atoms with Gasteiger partial charge in [-0.25, -0.2) is 0 Å². The van der Waals surface area contributed by atoms with Crippen LogP contribution in [-0.2, 0) is 21.9 Å². The third-order valence-electron chi connectivity index (χ3n) is 5.26. The number of hydrogen-bond acceptors (Lipinski definition) is 3. The standard InChI is InChI=1S/C25H33ClN2O2S/c1-5-19(4)27-25(30)23(6-2)28(15-21-12-7-8-13-22(21)26)24(29)17-31-16-20-11-9-10-18(3)14-20/h7-14,19,23H,5-6,15-17H2,1-4H3,(H,27,30). The van der Waals surface area contributed by atoms with Gasteiger partial charge in [-0.3, -0.25) is 9.59 Å². The van der Waals surface area contributed by atoms with E-state index in [0.717, 1.165) is 17.7 Å². The number of thioether (sulfide) groups is 1. The largest absolute Gasteiger partial charge is 0.352 e. The number of carbonyl (C=O) groups excluding carboxylic acids is 2. The highest BCUT2D eigenvalue weighted by atomic mass is 35.5. The number of hydrogen-bond donors (Lipinski definition) is 1. The second-order valence-electron chi connectivity index (χ2n) is 7.84. The summed E-state index contributed by atoms with van der Waals surface area (Å²) in [6.07, 6.45) is 1.38. The first-order valence-electron chi connectivity index (χ1n) is 10.8. The van der Waals surface area contributed by atoms with Crippen molar-refractivity contribution in [3.05, 3.63) is 70.2 Å². The van der Waals surface area contributed by atoms with E-state index in [1.807, 2.05) is 51.1 Å². The first-order valence-corrected chi connectivity index (χ1v) is 12.4. The third-order valence-corrected chi connectivity index (χ3v) is 6.62. The molecule has 168 valence electrons. The zero-order valence-electron chi connectivity index (χ0n) is 18.9. The molecular formula is C25H33ClN2O2S. The van der Waals surface area contributed by atoms with E-state index in [1.165, 1.54) is 11.1 Å². The van der Waals surface area contributed by atoms with Gasteiger partial charge in [0.2, 0.25) is 11.8 Å². The lowest BCUT2D eigenvalue weighted by Gasteiger charge is -2.31. The van der Waals surface area contributed by atoms with Crippen molar-refractivity contribution in [1.82, 2.24) is 10.2 Å². The van der Waals surface area contributed by atoms with Crippen LogP contribution >= 0.6 is 23.4 Å². The summed E-state index contributed by atoms with van der Waals surface area (Å²) in [6, 6.07) is 15.3. The van der Waals surface area contributed by atoms with Crippen molar-refractivity contribution in [3.63, 3.8) is 0 Å². The Morgan fingerprint density at radius 2 is 1.84 bits per heavy atom. The minimum atomic E-state index is -0.530. The Bertz CT molecular complexity index is 874. The fraction of sp³-hybridized carbons (Fsp3) is 0.440. The van der Waals surface area contributed by atoms with Gasteiger partial charge < -0.3 is 10.2 Å². The Kier molecular flexibility index (Phi) is 10.4. The smallest absolute Gasteiger partial charge is 0.243 e. The Labute approximate surface area is 195 Å². The molecule has 2 aromatic rings. The highest BCUT2D eigenvalue weighted by molar-refractivity contribution is 7.99. The van der Waals surface area contributed by atoms with Crippen LogP contribution in [0.5, 0.6) is 0 Å². The Morgan fingerprint density at radius 1 is 1.10 bits per heavy atom. The van der Waals surface area contributed by atoms with Gasteiger partial charge in [0.25, 0.3) is 0 Å². The van der Waals surface area contributed by atoms with Crippen LogP contribution in [0.4, 0.5) is 0 Å². The lowest BCUT2D eigenvalue weighted by atomic mass is 10.1. The minimum Gasteiger partial charge on any atom is -0.352 e. The SMILES string of the molecule is CCC(C)NC(=O)C(CC)N(Cc1ccccc1Cl)C(=O)CSCc1cccc(C)c1. The van der Waals surface area contributed by atoms with Gasteiger partial charge >= 0.3 is 0 Å². The normalized spacial score (nSPS) is 12.8. The Morgan fingerprint density at radius 3 is 2.48 bits per heavy atom. The first-order chi connectivity index (χ1) is 14.8. The van der Waals surface area contributed by atoms with Crippen LogP contribution in [0.2, 0.25) is 5.02 Å². The molecule has 6 heteroatoms. The zero-order valence-corrected chi connectivity index (χ0v) is 20.4. The molecule has 2 aromatic carbocycles. The van der Waals surface area contributed by atoms with E-state index in [0.29, 0.717) is 23.7 Å². The molecule has 0 fully saturated rings. The van der Waals surface area contributed by atoms with Gasteiger partial charge in [-0.1, -0.05) is 73.5 Å². The van der Waals surface area contributed by atoms with E-state index in [4.69, 9.17) is 11.6 Å². The van der Waals surface area contributed by atoms with Gasteiger partial charge in [0.1, 0.15) is 6.04 Å². The highest BCUT2D eigenvalue weighted by Crippen LogP contribution is 2.21. The average Bonchev–Trinajstić information content (AvgIpc) is 2.74.